The summed E-state index contributed by atoms with van der Waals surface area (Å²) in [4.78, 5) is 14.6. The SMILES string of the molecule is Cc1cnn(Cc2ccccc2Cl)c1NC(=O)N1CCCC[C@@H]1CN. The molecule has 1 aliphatic heterocycles. The Labute approximate surface area is 152 Å². The average Bonchev–Trinajstić information content (AvgIpc) is 2.97. The Bertz CT molecular complexity index is 745. The minimum Gasteiger partial charge on any atom is -0.328 e. The molecule has 1 saturated heterocycles. The molecule has 0 saturated carbocycles. The number of carbonyl (C=O) groups is 1. The predicted octanol–water partition coefficient (Wildman–Crippen LogP) is 3.24. The normalized spacial score (nSPS) is 17.6. The molecule has 2 heterocycles. The van der Waals surface area contributed by atoms with Crippen molar-refractivity contribution >= 4 is 23.4 Å². The third-order valence-corrected chi connectivity index (χ3v) is 5.05. The summed E-state index contributed by atoms with van der Waals surface area (Å²) in [6.45, 7) is 3.67. The molecule has 1 atom stereocenters. The largest absolute Gasteiger partial charge is 0.328 e. The lowest BCUT2D eigenvalue weighted by atomic mass is 10.0. The number of rotatable bonds is 4. The number of hydrogen-bond acceptors (Lipinski definition) is 3. The number of hydrogen-bond donors (Lipinski definition) is 2. The van der Waals surface area contributed by atoms with Crippen molar-refractivity contribution in [2.45, 2.75) is 38.8 Å². The van der Waals surface area contributed by atoms with Crippen LogP contribution in [-0.2, 0) is 6.54 Å². The quantitative estimate of drug-likeness (QED) is 0.877. The van der Waals surface area contributed by atoms with E-state index in [1.165, 1.54) is 0 Å². The molecule has 6 nitrogen and oxygen atoms in total. The summed E-state index contributed by atoms with van der Waals surface area (Å²) in [5.41, 5.74) is 7.71. The van der Waals surface area contributed by atoms with E-state index in [4.69, 9.17) is 17.3 Å². The molecule has 7 heteroatoms. The van der Waals surface area contributed by atoms with E-state index in [-0.39, 0.29) is 12.1 Å². The average molecular weight is 362 g/mol. The Morgan fingerprint density at radius 1 is 1.40 bits per heavy atom. The Morgan fingerprint density at radius 3 is 2.96 bits per heavy atom. The van der Waals surface area contributed by atoms with Crippen LogP contribution >= 0.6 is 11.6 Å². The molecule has 3 rings (SSSR count). The Hall–Kier alpha value is -2.05. The van der Waals surface area contributed by atoms with Crippen LogP contribution in [0.1, 0.15) is 30.4 Å². The number of anilines is 1. The van der Waals surface area contributed by atoms with Crippen molar-refractivity contribution in [3.05, 3.63) is 46.6 Å². The van der Waals surface area contributed by atoms with Gasteiger partial charge in [0.05, 0.1) is 12.7 Å². The first-order valence-corrected chi connectivity index (χ1v) is 9.01. The third-order valence-electron chi connectivity index (χ3n) is 4.69. The Balaban J connectivity index is 1.77. The van der Waals surface area contributed by atoms with Crippen LogP contribution < -0.4 is 11.1 Å². The fraction of sp³-hybridized carbons (Fsp3) is 0.444. The first-order valence-electron chi connectivity index (χ1n) is 8.63. The van der Waals surface area contributed by atoms with Crippen molar-refractivity contribution < 1.29 is 4.79 Å². The van der Waals surface area contributed by atoms with Crippen LogP contribution in [0.25, 0.3) is 0 Å². The molecule has 0 radical (unpaired) electrons. The second kappa shape index (κ2) is 7.89. The molecule has 0 unspecified atom stereocenters. The fourth-order valence-corrected chi connectivity index (χ4v) is 3.43. The number of likely N-dealkylation sites (tertiary alicyclic amines) is 1. The van der Waals surface area contributed by atoms with Crippen molar-refractivity contribution in [3.8, 4) is 0 Å². The van der Waals surface area contributed by atoms with Gasteiger partial charge >= 0.3 is 6.03 Å². The topological polar surface area (TPSA) is 76.2 Å². The van der Waals surface area contributed by atoms with Crippen LogP contribution in [0.4, 0.5) is 10.6 Å². The number of carbonyl (C=O) groups excluding carboxylic acids is 1. The second-order valence-corrected chi connectivity index (χ2v) is 6.84. The summed E-state index contributed by atoms with van der Waals surface area (Å²) >= 11 is 6.25. The number of halogens is 1. The molecule has 3 N–H and O–H groups in total. The van der Waals surface area contributed by atoms with Crippen LogP contribution in [0.2, 0.25) is 5.02 Å². The first-order chi connectivity index (χ1) is 12.1. The summed E-state index contributed by atoms with van der Waals surface area (Å²) in [5.74, 6) is 0.700. The number of nitrogens with two attached hydrogens (primary N) is 1. The molecular formula is C18H24ClN5O. The van der Waals surface area contributed by atoms with E-state index in [0.29, 0.717) is 23.9 Å². The first kappa shape index (κ1) is 17.8. The summed E-state index contributed by atoms with van der Waals surface area (Å²) in [6, 6.07) is 7.64. The molecular weight excluding hydrogens is 338 g/mol. The number of nitrogens with zero attached hydrogens (tertiary/aromatic N) is 3. The van der Waals surface area contributed by atoms with E-state index >= 15 is 0 Å². The van der Waals surface area contributed by atoms with Crippen LogP contribution in [0.3, 0.4) is 0 Å². The number of benzene rings is 1. The molecule has 25 heavy (non-hydrogen) atoms. The van der Waals surface area contributed by atoms with Crippen molar-refractivity contribution in [2.24, 2.45) is 5.73 Å². The van der Waals surface area contributed by atoms with Gasteiger partial charge < -0.3 is 10.6 Å². The molecule has 1 fully saturated rings. The molecule has 1 aromatic heterocycles. The number of amides is 2. The lowest BCUT2D eigenvalue weighted by Gasteiger charge is -2.35. The van der Waals surface area contributed by atoms with Gasteiger partial charge in [-0.1, -0.05) is 29.8 Å². The number of piperidine rings is 1. The van der Waals surface area contributed by atoms with E-state index in [1.807, 2.05) is 36.1 Å². The maximum atomic E-state index is 12.8. The molecule has 1 aliphatic rings. The zero-order valence-electron chi connectivity index (χ0n) is 14.4. The summed E-state index contributed by atoms with van der Waals surface area (Å²) < 4.78 is 1.77. The molecule has 1 aromatic carbocycles. The van der Waals surface area contributed by atoms with Gasteiger partial charge in [0.15, 0.2) is 0 Å². The zero-order valence-corrected chi connectivity index (χ0v) is 15.2. The van der Waals surface area contributed by atoms with Crippen LogP contribution in [0.15, 0.2) is 30.5 Å². The van der Waals surface area contributed by atoms with Crippen LogP contribution in [0.5, 0.6) is 0 Å². The van der Waals surface area contributed by atoms with E-state index < -0.39 is 0 Å². The monoisotopic (exact) mass is 361 g/mol. The van der Waals surface area contributed by atoms with Gasteiger partial charge in [0.25, 0.3) is 0 Å². The van der Waals surface area contributed by atoms with Gasteiger partial charge in [-0.15, -0.1) is 0 Å². The number of aromatic nitrogens is 2. The molecule has 0 spiro atoms. The van der Waals surface area contributed by atoms with E-state index in [1.54, 1.807) is 10.9 Å². The smallest absolute Gasteiger partial charge is 0.323 e. The van der Waals surface area contributed by atoms with Gasteiger partial charge in [0, 0.05) is 29.7 Å². The molecule has 2 amide bonds. The standard InChI is InChI=1S/C18H24ClN5O/c1-13-11-21-24(12-14-6-2-3-8-16(14)19)17(13)22-18(25)23-9-5-4-7-15(23)10-20/h2-3,6,8,11,15H,4-5,7,9-10,12,20H2,1H3,(H,22,25)/t15-/m1/s1. The third kappa shape index (κ3) is 3.96. The predicted molar refractivity (Wildman–Crippen MR) is 99.9 cm³/mol. The van der Waals surface area contributed by atoms with Gasteiger partial charge in [-0.05, 0) is 37.8 Å². The highest BCUT2D eigenvalue weighted by Gasteiger charge is 2.26. The summed E-state index contributed by atoms with van der Waals surface area (Å²) in [6.07, 6.45) is 4.85. The van der Waals surface area contributed by atoms with Crippen molar-refractivity contribution in [2.75, 3.05) is 18.4 Å². The fourth-order valence-electron chi connectivity index (χ4n) is 3.24. The van der Waals surface area contributed by atoms with Gasteiger partial charge in [-0.2, -0.15) is 5.10 Å². The Kier molecular flexibility index (Phi) is 5.60. The van der Waals surface area contributed by atoms with Crippen LogP contribution in [0, 0.1) is 6.92 Å². The number of nitrogens with one attached hydrogen (secondary N) is 1. The lowest BCUT2D eigenvalue weighted by molar-refractivity contribution is 0.165. The minimum atomic E-state index is -0.112. The van der Waals surface area contributed by atoms with Gasteiger partial charge in [-0.25, -0.2) is 9.48 Å². The molecule has 0 bridgehead atoms. The zero-order chi connectivity index (χ0) is 17.8. The lowest BCUT2D eigenvalue weighted by Crippen LogP contribution is -2.49. The van der Waals surface area contributed by atoms with Gasteiger partial charge in [-0.3, -0.25) is 5.32 Å². The van der Waals surface area contributed by atoms with Crippen LogP contribution in [-0.4, -0.2) is 39.8 Å². The Morgan fingerprint density at radius 2 is 2.20 bits per heavy atom. The highest BCUT2D eigenvalue weighted by Crippen LogP contribution is 2.22. The van der Waals surface area contributed by atoms with E-state index in [9.17, 15) is 4.79 Å². The van der Waals surface area contributed by atoms with Crippen molar-refractivity contribution in [1.29, 1.82) is 0 Å². The number of urea groups is 1. The summed E-state index contributed by atoms with van der Waals surface area (Å²) in [5, 5.41) is 8.10. The molecule has 2 aromatic rings. The minimum absolute atomic E-state index is 0.106. The van der Waals surface area contributed by atoms with E-state index in [2.05, 4.69) is 10.4 Å². The van der Waals surface area contributed by atoms with Crippen molar-refractivity contribution in [3.63, 3.8) is 0 Å². The van der Waals surface area contributed by atoms with E-state index in [0.717, 1.165) is 36.9 Å². The highest BCUT2D eigenvalue weighted by molar-refractivity contribution is 6.31. The highest BCUT2D eigenvalue weighted by atomic mass is 35.5. The number of aryl methyl sites for hydroxylation is 1. The van der Waals surface area contributed by atoms with Gasteiger partial charge in [0.2, 0.25) is 0 Å². The second-order valence-electron chi connectivity index (χ2n) is 6.43. The maximum Gasteiger partial charge on any atom is 0.323 e. The van der Waals surface area contributed by atoms with Crippen molar-refractivity contribution in [1.82, 2.24) is 14.7 Å². The molecule has 134 valence electrons. The van der Waals surface area contributed by atoms with Gasteiger partial charge in [0.1, 0.15) is 5.82 Å². The molecule has 0 aliphatic carbocycles. The maximum absolute atomic E-state index is 12.8. The summed E-state index contributed by atoms with van der Waals surface area (Å²) in [7, 11) is 0.